The number of sulfonamides is 1. The summed E-state index contributed by atoms with van der Waals surface area (Å²) in [5, 5.41) is 3.44. The summed E-state index contributed by atoms with van der Waals surface area (Å²) >= 11 is 12.5. The normalized spacial score (nSPS) is 11.8. The van der Waals surface area contributed by atoms with Crippen LogP contribution in [0.4, 0.5) is 5.69 Å². The fourth-order valence-corrected chi connectivity index (χ4v) is 6.40. The van der Waals surface area contributed by atoms with Crippen molar-refractivity contribution in [2.75, 3.05) is 24.5 Å². The number of carbonyl (C=O) groups excluding carboxylic acids is 2. The minimum atomic E-state index is -4.26. The van der Waals surface area contributed by atoms with Gasteiger partial charge in [-0.25, -0.2) is 8.42 Å². The van der Waals surface area contributed by atoms with Gasteiger partial charge in [0.15, 0.2) is 0 Å². The van der Waals surface area contributed by atoms with E-state index in [1.54, 1.807) is 48.5 Å². The number of halogens is 2. The van der Waals surface area contributed by atoms with Crippen molar-refractivity contribution >= 4 is 50.7 Å². The number of anilines is 1. The molecule has 0 heterocycles. The number of carbonyl (C=O) groups is 2. The molecule has 0 aromatic heterocycles. The third-order valence-electron chi connectivity index (χ3n) is 6.93. The van der Waals surface area contributed by atoms with E-state index in [1.165, 1.54) is 36.2 Å². The molecule has 4 aromatic rings. The molecule has 8 nitrogen and oxygen atoms in total. The van der Waals surface area contributed by atoms with E-state index in [1.807, 2.05) is 37.3 Å². The molecule has 0 aliphatic rings. The lowest BCUT2D eigenvalue weighted by atomic mass is 10.0. The second-order valence-electron chi connectivity index (χ2n) is 9.83. The van der Waals surface area contributed by atoms with Crippen LogP contribution in [0.5, 0.6) is 5.75 Å². The largest absolute Gasteiger partial charge is 0.494 e. The second-order valence-corrected chi connectivity index (χ2v) is 12.5. The van der Waals surface area contributed by atoms with E-state index >= 15 is 0 Å². The zero-order chi connectivity index (χ0) is 31.7. The molecule has 230 valence electrons. The lowest BCUT2D eigenvalue weighted by molar-refractivity contribution is -0.139. The van der Waals surface area contributed by atoms with Crippen molar-refractivity contribution in [3.05, 3.63) is 124 Å². The van der Waals surface area contributed by atoms with Crippen LogP contribution in [0.3, 0.4) is 0 Å². The molecule has 0 aliphatic heterocycles. The molecular weight excluding hydrogens is 621 g/mol. The highest BCUT2D eigenvalue weighted by molar-refractivity contribution is 7.92. The highest BCUT2D eigenvalue weighted by Crippen LogP contribution is 2.28. The monoisotopic (exact) mass is 653 g/mol. The van der Waals surface area contributed by atoms with Gasteiger partial charge in [0.2, 0.25) is 11.8 Å². The van der Waals surface area contributed by atoms with Gasteiger partial charge in [0, 0.05) is 30.1 Å². The van der Waals surface area contributed by atoms with Crippen molar-refractivity contribution in [3.8, 4) is 5.75 Å². The fourth-order valence-electron chi connectivity index (χ4n) is 4.67. The summed E-state index contributed by atoms with van der Waals surface area (Å²) in [5.41, 5.74) is 1.68. The van der Waals surface area contributed by atoms with Crippen molar-refractivity contribution in [2.45, 2.75) is 30.8 Å². The van der Waals surface area contributed by atoms with Gasteiger partial charge < -0.3 is 15.0 Å². The Morgan fingerprint density at radius 1 is 0.864 bits per heavy atom. The van der Waals surface area contributed by atoms with E-state index in [4.69, 9.17) is 27.9 Å². The number of ether oxygens (including phenoxy) is 1. The van der Waals surface area contributed by atoms with E-state index in [0.29, 0.717) is 28.0 Å². The minimum Gasteiger partial charge on any atom is -0.494 e. The Bertz CT molecular complexity index is 1670. The molecular formula is C33H33Cl2N3O5S. The van der Waals surface area contributed by atoms with E-state index in [2.05, 4.69) is 5.32 Å². The quantitative estimate of drug-likeness (QED) is 0.192. The summed E-state index contributed by atoms with van der Waals surface area (Å²) in [6, 6.07) is 27.5. The van der Waals surface area contributed by atoms with Gasteiger partial charge in [0.05, 0.1) is 17.2 Å². The molecule has 0 bridgehead atoms. The zero-order valence-corrected chi connectivity index (χ0v) is 26.6. The van der Waals surface area contributed by atoms with E-state index in [-0.39, 0.29) is 23.5 Å². The number of benzene rings is 4. The number of nitrogens with zero attached hydrogens (tertiary/aromatic N) is 2. The van der Waals surface area contributed by atoms with Gasteiger partial charge in [-0.3, -0.25) is 13.9 Å². The topological polar surface area (TPSA) is 96.0 Å². The Balaban J connectivity index is 1.79. The first kappa shape index (κ1) is 32.9. The molecule has 0 spiro atoms. The first-order valence-electron chi connectivity index (χ1n) is 13.9. The smallest absolute Gasteiger partial charge is 0.264 e. The molecule has 2 amide bonds. The molecule has 0 fully saturated rings. The Hall–Kier alpha value is -4.05. The van der Waals surface area contributed by atoms with Crippen LogP contribution in [0.1, 0.15) is 18.1 Å². The van der Waals surface area contributed by atoms with E-state index < -0.39 is 34.4 Å². The molecule has 0 radical (unpaired) electrons. The molecule has 4 rings (SSSR count). The van der Waals surface area contributed by atoms with Gasteiger partial charge >= 0.3 is 0 Å². The summed E-state index contributed by atoms with van der Waals surface area (Å²) in [6.45, 7) is 1.66. The Morgan fingerprint density at radius 3 is 2.11 bits per heavy atom. The third kappa shape index (κ3) is 8.11. The van der Waals surface area contributed by atoms with Crippen molar-refractivity contribution in [1.29, 1.82) is 0 Å². The van der Waals surface area contributed by atoms with Crippen molar-refractivity contribution < 1.29 is 22.7 Å². The number of hydrogen-bond donors (Lipinski definition) is 1. The summed E-state index contributed by atoms with van der Waals surface area (Å²) < 4.78 is 34.7. The maximum absolute atomic E-state index is 14.3. The predicted molar refractivity (Wildman–Crippen MR) is 174 cm³/mol. The SMILES string of the molecule is CCOc1ccc(N(CC(=O)N(Cc2ccccc2Cl)[C@@H](Cc2ccccc2)C(=O)NC)S(=O)(=O)c2ccc(Cl)cc2)cc1. The summed E-state index contributed by atoms with van der Waals surface area (Å²) in [4.78, 5) is 29.0. The van der Waals surface area contributed by atoms with Gasteiger partial charge in [-0.15, -0.1) is 0 Å². The predicted octanol–water partition coefficient (Wildman–Crippen LogP) is 5.97. The van der Waals surface area contributed by atoms with Gasteiger partial charge in [-0.05, 0) is 72.6 Å². The van der Waals surface area contributed by atoms with E-state index in [0.717, 1.165) is 9.87 Å². The Morgan fingerprint density at radius 2 is 1.50 bits per heavy atom. The van der Waals surface area contributed by atoms with Crippen molar-refractivity contribution in [3.63, 3.8) is 0 Å². The summed E-state index contributed by atoms with van der Waals surface area (Å²) in [7, 11) is -2.76. The number of hydrogen-bond acceptors (Lipinski definition) is 5. The van der Waals surface area contributed by atoms with Gasteiger partial charge in [-0.2, -0.15) is 0 Å². The van der Waals surface area contributed by atoms with Crippen LogP contribution in [0.25, 0.3) is 0 Å². The van der Waals surface area contributed by atoms with Crippen LogP contribution in [0.2, 0.25) is 10.0 Å². The molecule has 44 heavy (non-hydrogen) atoms. The molecule has 1 atom stereocenters. The molecule has 0 unspecified atom stereocenters. The maximum atomic E-state index is 14.3. The molecule has 0 aliphatic carbocycles. The number of likely N-dealkylation sites (N-methyl/N-ethyl adjacent to an activating group) is 1. The first-order valence-corrected chi connectivity index (χ1v) is 16.1. The lowest BCUT2D eigenvalue weighted by Gasteiger charge is -2.33. The van der Waals surface area contributed by atoms with Crippen LogP contribution in [-0.2, 0) is 32.6 Å². The Kier molecular flexibility index (Phi) is 11.3. The molecule has 11 heteroatoms. The van der Waals surface area contributed by atoms with Crippen molar-refractivity contribution in [1.82, 2.24) is 10.2 Å². The molecule has 0 saturated carbocycles. The first-order chi connectivity index (χ1) is 21.1. The highest BCUT2D eigenvalue weighted by atomic mass is 35.5. The minimum absolute atomic E-state index is 0.0263. The number of nitrogens with one attached hydrogen (secondary N) is 1. The average Bonchev–Trinajstić information content (AvgIpc) is 3.03. The zero-order valence-electron chi connectivity index (χ0n) is 24.3. The molecule has 1 N–H and O–H groups in total. The van der Waals surface area contributed by atoms with Crippen LogP contribution >= 0.6 is 23.2 Å². The standard InChI is InChI=1S/C33H33Cl2N3O5S/c1-3-43-28-17-15-27(16-18-28)38(44(41,42)29-19-13-26(34)14-20-29)23-32(39)37(22-25-11-7-8-12-30(25)35)31(33(40)36-2)21-24-9-5-4-6-10-24/h4-20,31H,3,21-23H2,1-2H3,(H,36,40)/t31-/m0/s1. The second kappa shape index (κ2) is 15.1. The maximum Gasteiger partial charge on any atom is 0.264 e. The summed E-state index contributed by atoms with van der Waals surface area (Å²) in [6.07, 6.45) is 0.198. The van der Waals surface area contributed by atoms with Crippen LogP contribution in [-0.4, -0.2) is 51.4 Å². The molecule has 4 aromatic carbocycles. The third-order valence-corrected chi connectivity index (χ3v) is 9.34. The van der Waals surface area contributed by atoms with Crippen LogP contribution < -0.4 is 14.4 Å². The fraction of sp³-hybridized carbons (Fsp3) is 0.212. The number of rotatable bonds is 13. The lowest BCUT2D eigenvalue weighted by Crippen LogP contribution is -2.53. The van der Waals surface area contributed by atoms with Gasteiger partial charge in [-0.1, -0.05) is 71.7 Å². The average molecular weight is 655 g/mol. The van der Waals surface area contributed by atoms with Gasteiger partial charge in [0.1, 0.15) is 18.3 Å². The highest BCUT2D eigenvalue weighted by Gasteiger charge is 2.34. The molecule has 0 saturated heterocycles. The van der Waals surface area contributed by atoms with Crippen molar-refractivity contribution in [2.24, 2.45) is 0 Å². The van der Waals surface area contributed by atoms with Gasteiger partial charge in [0.25, 0.3) is 10.0 Å². The van der Waals surface area contributed by atoms with Crippen LogP contribution in [0.15, 0.2) is 108 Å². The van der Waals surface area contributed by atoms with Crippen LogP contribution in [0, 0.1) is 0 Å². The Labute approximate surface area is 268 Å². The van der Waals surface area contributed by atoms with E-state index in [9.17, 15) is 18.0 Å². The number of amides is 2. The summed E-state index contributed by atoms with van der Waals surface area (Å²) in [5.74, 6) is -0.447.